The van der Waals surface area contributed by atoms with Crippen LogP contribution in [-0.4, -0.2) is 25.0 Å². The van der Waals surface area contributed by atoms with Gasteiger partial charge in [-0.25, -0.2) is 4.98 Å². The van der Waals surface area contributed by atoms with Crippen LogP contribution in [0.15, 0.2) is 66.7 Å². The molecule has 0 atom stereocenters. The van der Waals surface area contributed by atoms with Crippen LogP contribution in [-0.2, 0) is 0 Å². The number of carbonyl (C=O) groups excluding carboxylic acids is 1. The lowest BCUT2D eigenvalue weighted by Gasteiger charge is -2.11. The fourth-order valence-electron chi connectivity index (χ4n) is 3.14. The number of methoxy groups -OCH3 is 2. The average molecular weight is 436 g/mol. The first-order valence-corrected chi connectivity index (χ1v) is 10.4. The highest BCUT2D eigenvalue weighted by molar-refractivity contribution is 7.20. The van der Waals surface area contributed by atoms with E-state index in [0.29, 0.717) is 32.7 Å². The zero-order valence-corrected chi connectivity index (χ0v) is 18.0. The van der Waals surface area contributed by atoms with Crippen molar-refractivity contribution in [2.75, 3.05) is 14.2 Å². The zero-order chi connectivity index (χ0) is 21.1. The number of Topliss-reactive ketones (excluding diaryl/α,β-unsaturated/α-hetero) is 1. The minimum atomic E-state index is -0.111. The summed E-state index contributed by atoms with van der Waals surface area (Å²) in [5, 5.41) is 1.05. The highest BCUT2D eigenvalue weighted by Gasteiger charge is 2.19. The molecule has 30 heavy (non-hydrogen) atoms. The fraction of sp³-hybridized carbons (Fsp3) is 0.0833. The SMILES string of the molecule is COc1cc(/C=C(/C(=O)c2ccccc2)c2nc3ccccc3s2)cc(Cl)c1OC. The molecule has 1 aromatic heterocycles. The third kappa shape index (κ3) is 3.95. The minimum absolute atomic E-state index is 0.111. The number of hydrogen-bond acceptors (Lipinski definition) is 5. The second-order valence-electron chi connectivity index (χ2n) is 6.48. The van der Waals surface area contributed by atoms with Crippen LogP contribution < -0.4 is 9.47 Å². The summed E-state index contributed by atoms with van der Waals surface area (Å²) in [6, 6.07) is 20.5. The number of para-hydroxylation sites is 1. The number of benzene rings is 3. The summed E-state index contributed by atoms with van der Waals surface area (Å²) < 4.78 is 11.7. The maximum absolute atomic E-state index is 13.4. The Morgan fingerprint density at radius 3 is 2.43 bits per heavy atom. The number of thiazole rings is 1. The van der Waals surface area contributed by atoms with Gasteiger partial charge in [0, 0.05) is 5.56 Å². The van der Waals surface area contributed by atoms with Crippen LogP contribution in [0, 0.1) is 0 Å². The van der Waals surface area contributed by atoms with Gasteiger partial charge in [0.05, 0.1) is 35.0 Å². The molecule has 0 saturated heterocycles. The van der Waals surface area contributed by atoms with E-state index in [1.165, 1.54) is 18.4 Å². The van der Waals surface area contributed by atoms with Gasteiger partial charge in [0.15, 0.2) is 17.3 Å². The number of allylic oxidation sites excluding steroid dienone is 1. The molecule has 0 aliphatic carbocycles. The quantitative estimate of drug-likeness (QED) is 0.260. The van der Waals surface area contributed by atoms with Gasteiger partial charge in [0.2, 0.25) is 0 Å². The number of rotatable bonds is 6. The van der Waals surface area contributed by atoms with E-state index < -0.39 is 0 Å². The Morgan fingerprint density at radius 1 is 1.00 bits per heavy atom. The van der Waals surface area contributed by atoms with Gasteiger partial charge < -0.3 is 9.47 Å². The van der Waals surface area contributed by atoms with Gasteiger partial charge in [0.25, 0.3) is 0 Å². The van der Waals surface area contributed by atoms with Crippen LogP contribution in [0.25, 0.3) is 21.9 Å². The summed E-state index contributed by atoms with van der Waals surface area (Å²) in [7, 11) is 3.08. The highest BCUT2D eigenvalue weighted by atomic mass is 35.5. The molecule has 0 radical (unpaired) electrons. The number of hydrogen-bond donors (Lipinski definition) is 0. The van der Waals surface area contributed by atoms with E-state index in [4.69, 9.17) is 26.1 Å². The number of aromatic nitrogens is 1. The van der Waals surface area contributed by atoms with Crippen molar-refractivity contribution in [3.63, 3.8) is 0 Å². The van der Waals surface area contributed by atoms with Crippen LogP contribution in [0.4, 0.5) is 0 Å². The Kier molecular flexibility index (Phi) is 5.84. The standard InChI is InChI=1S/C24H18ClNO3S/c1-28-20-14-15(13-18(25)23(20)29-2)12-17(22(27)16-8-4-3-5-9-16)24-26-19-10-6-7-11-21(19)30-24/h3-14H,1-2H3/b17-12-. The number of ketones is 1. The van der Waals surface area contributed by atoms with Gasteiger partial charge in [0.1, 0.15) is 5.01 Å². The topological polar surface area (TPSA) is 48.4 Å². The first kappa shape index (κ1) is 20.1. The van der Waals surface area contributed by atoms with Gasteiger partial charge in [-0.1, -0.05) is 54.1 Å². The molecular formula is C24H18ClNO3S. The Hall–Kier alpha value is -3.15. The first-order chi connectivity index (χ1) is 14.6. The molecule has 0 amide bonds. The Morgan fingerprint density at radius 2 is 1.73 bits per heavy atom. The van der Waals surface area contributed by atoms with Crippen LogP contribution in [0.2, 0.25) is 5.02 Å². The van der Waals surface area contributed by atoms with E-state index in [9.17, 15) is 4.79 Å². The molecule has 4 nitrogen and oxygen atoms in total. The van der Waals surface area contributed by atoms with Crippen molar-refractivity contribution < 1.29 is 14.3 Å². The summed E-state index contributed by atoms with van der Waals surface area (Å²) in [6.45, 7) is 0. The van der Waals surface area contributed by atoms with Gasteiger partial charge in [-0.15, -0.1) is 11.3 Å². The molecule has 0 spiro atoms. The molecule has 0 bridgehead atoms. The Balaban J connectivity index is 1.89. The van der Waals surface area contributed by atoms with E-state index in [-0.39, 0.29) is 5.78 Å². The van der Waals surface area contributed by atoms with Crippen molar-refractivity contribution in [3.8, 4) is 11.5 Å². The smallest absolute Gasteiger partial charge is 0.196 e. The molecule has 0 aliphatic heterocycles. The van der Waals surface area contributed by atoms with Crippen molar-refractivity contribution in [2.45, 2.75) is 0 Å². The molecule has 0 unspecified atom stereocenters. The summed E-state index contributed by atoms with van der Waals surface area (Å²) >= 11 is 7.85. The number of fused-ring (bicyclic) bond motifs is 1. The van der Waals surface area contributed by atoms with Crippen molar-refractivity contribution in [1.82, 2.24) is 4.98 Å². The Bertz CT molecular complexity index is 1220. The van der Waals surface area contributed by atoms with Gasteiger partial charge in [-0.2, -0.15) is 0 Å². The van der Waals surface area contributed by atoms with Crippen LogP contribution in [0.5, 0.6) is 11.5 Å². The van der Waals surface area contributed by atoms with E-state index >= 15 is 0 Å². The van der Waals surface area contributed by atoms with E-state index in [1.807, 2.05) is 42.5 Å². The summed E-state index contributed by atoms with van der Waals surface area (Å²) in [5.41, 5.74) is 2.66. The maximum atomic E-state index is 13.4. The lowest BCUT2D eigenvalue weighted by molar-refractivity contribution is 0.105. The molecule has 6 heteroatoms. The normalized spacial score (nSPS) is 11.5. The number of nitrogens with zero attached hydrogens (tertiary/aromatic N) is 1. The molecule has 0 N–H and O–H groups in total. The lowest BCUT2D eigenvalue weighted by Crippen LogP contribution is -2.02. The molecule has 3 aromatic carbocycles. The van der Waals surface area contributed by atoms with Gasteiger partial charge in [-0.05, 0) is 35.9 Å². The third-order valence-electron chi connectivity index (χ3n) is 4.57. The minimum Gasteiger partial charge on any atom is -0.493 e. The molecule has 0 fully saturated rings. The summed E-state index contributed by atoms with van der Waals surface area (Å²) in [4.78, 5) is 18.1. The lowest BCUT2D eigenvalue weighted by atomic mass is 10.0. The first-order valence-electron chi connectivity index (χ1n) is 9.19. The van der Waals surface area contributed by atoms with Crippen molar-refractivity contribution in [1.29, 1.82) is 0 Å². The summed E-state index contributed by atoms with van der Waals surface area (Å²) in [5.74, 6) is 0.833. The van der Waals surface area contributed by atoms with Crippen molar-refractivity contribution >= 4 is 50.6 Å². The van der Waals surface area contributed by atoms with E-state index in [0.717, 1.165) is 15.8 Å². The molecule has 4 rings (SSSR count). The molecule has 1 heterocycles. The Labute approximate surface area is 183 Å². The van der Waals surface area contributed by atoms with E-state index in [1.54, 1.807) is 37.5 Å². The highest BCUT2D eigenvalue weighted by Crippen LogP contribution is 2.38. The second kappa shape index (κ2) is 8.69. The molecule has 0 saturated carbocycles. The summed E-state index contributed by atoms with van der Waals surface area (Å²) in [6.07, 6.45) is 1.79. The second-order valence-corrected chi connectivity index (χ2v) is 7.92. The van der Waals surface area contributed by atoms with Gasteiger partial charge in [-0.3, -0.25) is 4.79 Å². The predicted molar refractivity (Wildman–Crippen MR) is 123 cm³/mol. The monoisotopic (exact) mass is 435 g/mol. The number of halogens is 1. The third-order valence-corrected chi connectivity index (χ3v) is 5.92. The molecule has 4 aromatic rings. The molecule has 150 valence electrons. The van der Waals surface area contributed by atoms with Crippen LogP contribution >= 0.6 is 22.9 Å². The van der Waals surface area contributed by atoms with Crippen molar-refractivity contribution in [3.05, 3.63) is 87.9 Å². The fourth-order valence-corrected chi connectivity index (χ4v) is 4.42. The predicted octanol–water partition coefficient (Wildman–Crippen LogP) is 6.39. The van der Waals surface area contributed by atoms with E-state index in [2.05, 4.69) is 0 Å². The average Bonchev–Trinajstić information content (AvgIpc) is 3.21. The maximum Gasteiger partial charge on any atom is 0.196 e. The number of ether oxygens (including phenoxy) is 2. The zero-order valence-electron chi connectivity index (χ0n) is 16.4. The van der Waals surface area contributed by atoms with Crippen LogP contribution in [0.1, 0.15) is 20.9 Å². The van der Waals surface area contributed by atoms with Gasteiger partial charge >= 0.3 is 0 Å². The molecular weight excluding hydrogens is 418 g/mol. The van der Waals surface area contributed by atoms with Crippen LogP contribution in [0.3, 0.4) is 0 Å². The van der Waals surface area contributed by atoms with Crippen molar-refractivity contribution in [2.24, 2.45) is 0 Å². The number of carbonyl (C=O) groups is 1. The molecule has 0 aliphatic rings. The largest absolute Gasteiger partial charge is 0.493 e.